The zero-order chi connectivity index (χ0) is 17.4. The molecule has 0 fully saturated rings. The number of benzene rings is 1. The largest absolute Gasteiger partial charge is 0.454 e. The van der Waals surface area contributed by atoms with Gasteiger partial charge in [-0.25, -0.2) is 10.4 Å². The molecule has 4 rings (SSSR count). The first-order chi connectivity index (χ1) is 12.1. The third-order valence-corrected chi connectivity index (χ3v) is 3.97. The van der Waals surface area contributed by atoms with Gasteiger partial charge in [-0.1, -0.05) is 11.6 Å². The number of hydrazone groups is 1. The number of nitrogens with zero attached hydrogens (tertiary/aromatic N) is 3. The number of aromatic nitrogens is 2. The number of hydrogen-bond acceptors (Lipinski definition) is 5. The molecule has 1 aliphatic rings. The van der Waals surface area contributed by atoms with E-state index in [1.807, 2.05) is 6.07 Å². The van der Waals surface area contributed by atoms with E-state index in [4.69, 9.17) is 21.1 Å². The van der Waals surface area contributed by atoms with E-state index >= 15 is 0 Å². The van der Waals surface area contributed by atoms with Crippen LogP contribution in [0.2, 0.25) is 5.02 Å². The van der Waals surface area contributed by atoms with Crippen molar-refractivity contribution < 1.29 is 14.3 Å². The Morgan fingerprint density at radius 2 is 2.16 bits per heavy atom. The lowest BCUT2D eigenvalue weighted by atomic mass is 10.2. The monoisotopic (exact) mass is 356 g/mol. The summed E-state index contributed by atoms with van der Waals surface area (Å²) in [6, 6.07) is 8.88. The molecule has 1 amide bonds. The highest BCUT2D eigenvalue weighted by Gasteiger charge is 2.16. The van der Waals surface area contributed by atoms with Crippen molar-refractivity contribution in [2.24, 2.45) is 5.10 Å². The molecule has 3 heterocycles. The number of carbonyl (C=O) groups excluding carboxylic acids is 1. The molecule has 0 aliphatic carbocycles. The molecule has 7 nitrogen and oxygen atoms in total. The molecule has 8 heteroatoms. The first-order valence-corrected chi connectivity index (χ1v) is 7.87. The Kier molecular flexibility index (Phi) is 3.77. The van der Waals surface area contributed by atoms with Gasteiger partial charge in [0.05, 0.1) is 16.9 Å². The minimum Gasteiger partial charge on any atom is -0.454 e. The van der Waals surface area contributed by atoms with E-state index in [-0.39, 0.29) is 12.7 Å². The van der Waals surface area contributed by atoms with Crippen LogP contribution in [0.5, 0.6) is 11.5 Å². The number of fused-ring (bicyclic) bond motifs is 2. The molecule has 0 saturated heterocycles. The fourth-order valence-electron chi connectivity index (χ4n) is 2.62. The molecule has 25 heavy (non-hydrogen) atoms. The summed E-state index contributed by atoms with van der Waals surface area (Å²) in [5.41, 5.74) is 4.92. The standard InChI is InChI=1S/C17H13ClN4O3/c1-10-16(22-8-12(18)3-5-15(22)20-10)17(23)21-19-7-11-2-4-13-14(6-11)25-9-24-13/h2-8H,9H2,1H3,(H,21,23)/b19-7-. The number of aryl methyl sites for hydroxylation is 1. The molecule has 1 N–H and O–H groups in total. The summed E-state index contributed by atoms with van der Waals surface area (Å²) in [7, 11) is 0. The summed E-state index contributed by atoms with van der Waals surface area (Å²) in [5.74, 6) is 0.978. The van der Waals surface area contributed by atoms with E-state index in [1.165, 1.54) is 6.21 Å². The van der Waals surface area contributed by atoms with Crippen LogP contribution in [0.4, 0.5) is 0 Å². The maximum atomic E-state index is 12.5. The van der Waals surface area contributed by atoms with Gasteiger partial charge in [-0.3, -0.25) is 9.20 Å². The maximum absolute atomic E-state index is 12.5. The van der Waals surface area contributed by atoms with Crippen LogP contribution in [-0.2, 0) is 0 Å². The molecule has 2 aromatic heterocycles. The number of pyridine rings is 1. The average molecular weight is 357 g/mol. The number of imidazole rings is 1. The molecule has 0 bridgehead atoms. The SMILES string of the molecule is Cc1nc2ccc(Cl)cn2c1C(=O)N/N=C\c1ccc2c(c1)OCO2. The Morgan fingerprint density at radius 3 is 3.04 bits per heavy atom. The molecule has 0 saturated carbocycles. The van der Waals surface area contributed by atoms with E-state index in [0.29, 0.717) is 33.6 Å². The molecule has 0 spiro atoms. The lowest BCUT2D eigenvalue weighted by Crippen LogP contribution is -2.20. The van der Waals surface area contributed by atoms with Crippen LogP contribution in [0.3, 0.4) is 0 Å². The van der Waals surface area contributed by atoms with Gasteiger partial charge in [0, 0.05) is 6.20 Å². The van der Waals surface area contributed by atoms with Crippen molar-refractivity contribution >= 4 is 29.4 Å². The molecule has 0 unspecified atom stereocenters. The van der Waals surface area contributed by atoms with Gasteiger partial charge in [-0.05, 0) is 42.8 Å². The Bertz CT molecular complexity index is 1010. The summed E-state index contributed by atoms with van der Waals surface area (Å²) in [5, 5.41) is 4.51. The zero-order valence-electron chi connectivity index (χ0n) is 13.2. The third-order valence-electron chi connectivity index (χ3n) is 3.75. The van der Waals surface area contributed by atoms with Crippen molar-refractivity contribution in [3.8, 4) is 11.5 Å². The fraction of sp³-hybridized carbons (Fsp3) is 0.118. The zero-order valence-corrected chi connectivity index (χ0v) is 13.9. The first kappa shape index (κ1) is 15.5. The van der Waals surface area contributed by atoms with Crippen LogP contribution in [0.1, 0.15) is 21.7 Å². The summed E-state index contributed by atoms with van der Waals surface area (Å²) in [6.07, 6.45) is 3.18. The second kappa shape index (κ2) is 6.10. The summed E-state index contributed by atoms with van der Waals surface area (Å²) >= 11 is 6.00. The highest BCUT2D eigenvalue weighted by Crippen LogP contribution is 2.31. The molecular weight excluding hydrogens is 344 g/mol. The van der Waals surface area contributed by atoms with Gasteiger partial charge < -0.3 is 9.47 Å². The minimum atomic E-state index is -0.371. The van der Waals surface area contributed by atoms with Gasteiger partial charge >= 0.3 is 0 Å². The van der Waals surface area contributed by atoms with Crippen molar-refractivity contribution in [2.45, 2.75) is 6.92 Å². The van der Waals surface area contributed by atoms with E-state index in [1.54, 1.807) is 41.8 Å². The van der Waals surface area contributed by atoms with Crippen molar-refractivity contribution in [2.75, 3.05) is 6.79 Å². The highest BCUT2D eigenvalue weighted by molar-refractivity contribution is 6.30. The third kappa shape index (κ3) is 2.89. The Balaban J connectivity index is 1.54. The second-order valence-corrected chi connectivity index (χ2v) is 5.87. The van der Waals surface area contributed by atoms with Gasteiger partial charge in [-0.15, -0.1) is 0 Å². The molecule has 0 radical (unpaired) electrons. The molecular formula is C17H13ClN4O3. The number of halogens is 1. The molecule has 126 valence electrons. The van der Waals surface area contributed by atoms with Crippen molar-refractivity contribution in [3.05, 3.63) is 58.5 Å². The Labute approximate surface area is 147 Å². The van der Waals surface area contributed by atoms with Crippen LogP contribution in [0.15, 0.2) is 41.6 Å². The molecule has 3 aromatic rings. The van der Waals surface area contributed by atoms with Crippen LogP contribution >= 0.6 is 11.6 Å². The summed E-state index contributed by atoms with van der Waals surface area (Å²) < 4.78 is 12.2. The van der Waals surface area contributed by atoms with E-state index < -0.39 is 0 Å². The second-order valence-electron chi connectivity index (χ2n) is 5.43. The molecule has 0 atom stereocenters. The Hall–Kier alpha value is -3.06. The van der Waals surface area contributed by atoms with Crippen molar-refractivity contribution in [1.29, 1.82) is 0 Å². The normalized spacial score (nSPS) is 12.9. The summed E-state index contributed by atoms with van der Waals surface area (Å²) in [4.78, 5) is 16.8. The fourth-order valence-corrected chi connectivity index (χ4v) is 2.78. The van der Waals surface area contributed by atoms with Gasteiger partial charge in [0.15, 0.2) is 11.5 Å². The topological polar surface area (TPSA) is 77.2 Å². The number of hydrogen-bond donors (Lipinski definition) is 1. The molecule has 1 aliphatic heterocycles. The van der Waals surface area contributed by atoms with E-state index in [2.05, 4.69) is 15.5 Å². The van der Waals surface area contributed by atoms with E-state index in [0.717, 1.165) is 5.56 Å². The lowest BCUT2D eigenvalue weighted by molar-refractivity contribution is 0.0948. The van der Waals surface area contributed by atoms with Gasteiger partial charge in [-0.2, -0.15) is 5.10 Å². The predicted molar refractivity (Wildman–Crippen MR) is 92.6 cm³/mol. The number of carbonyl (C=O) groups is 1. The molecule has 1 aromatic carbocycles. The van der Waals surface area contributed by atoms with Crippen LogP contribution in [0.25, 0.3) is 5.65 Å². The van der Waals surface area contributed by atoms with Crippen molar-refractivity contribution in [1.82, 2.24) is 14.8 Å². The van der Waals surface area contributed by atoms with Crippen LogP contribution < -0.4 is 14.9 Å². The number of amides is 1. The lowest BCUT2D eigenvalue weighted by Gasteiger charge is -2.02. The average Bonchev–Trinajstić information content (AvgIpc) is 3.17. The van der Waals surface area contributed by atoms with Crippen molar-refractivity contribution in [3.63, 3.8) is 0 Å². The number of rotatable bonds is 3. The van der Waals surface area contributed by atoms with Gasteiger partial charge in [0.1, 0.15) is 11.3 Å². The maximum Gasteiger partial charge on any atom is 0.290 e. The quantitative estimate of drug-likeness (QED) is 0.578. The number of ether oxygens (including phenoxy) is 2. The first-order valence-electron chi connectivity index (χ1n) is 7.49. The Morgan fingerprint density at radius 1 is 1.32 bits per heavy atom. The smallest absolute Gasteiger partial charge is 0.290 e. The predicted octanol–water partition coefficient (Wildman–Crippen LogP) is 2.79. The number of nitrogens with one attached hydrogen (secondary N) is 1. The summed E-state index contributed by atoms with van der Waals surface area (Å²) in [6.45, 7) is 1.97. The van der Waals surface area contributed by atoms with E-state index in [9.17, 15) is 4.79 Å². The minimum absolute atomic E-state index is 0.211. The van der Waals surface area contributed by atoms with Gasteiger partial charge in [0.25, 0.3) is 5.91 Å². The van der Waals surface area contributed by atoms with Crippen LogP contribution in [0, 0.1) is 6.92 Å². The highest BCUT2D eigenvalue weighted by atomic mass is 35.5. The van der Waals surface area contributed by atoms with Gasteiger partial charge in [0.2, 0.25) is 6.79 Å². The van der Waals surface area contributed by atoms with Crippen LogP contribution in [-0.4, -0.2) is 28.3 Å².